The van der Waals surface area contributed by atoms with Crippen LogP contribution in [0.5, 0.6) is 0 Å². The van der Waals surface area contributed by atoms with Crippen LogP contribution in [0, 0.1) is 5.92 Å². The highest BCUT2D eigenvalue weighted by molar-refractivity contribution is 9.10. The Morgan fingerprint density at radius 3 is 2.90 bits per heavy atom. The maximum absolute atomic E-state index is 12.4. The monoisotopic (exact) mass is 362 g/mol. The molecule has 1 fully saturated rings. The molecule has 2 rings (SSSR count). The Labute approximate surface area is 128 Å². The standard InChI is InChI=1S/C13H19BrN2O3S/c1-10-3-2-4-13(6-10,9-17)16-20(18,19)12-5-11(14)7-15-8-12/h5,7-8,10,16-17H,2-4,6,9H2,1H3. The van der Waals surface area contributed by atoms with Gasteiger partial charge in [-0.15, -0.1) is 0 Å². The summed E-state index contributed by atoms with van der Waals surface area (Å²) in [5.41, 5.74) is -0.751. The third kappa shape index (κ3) is 3.58. The Bertz CT molecular complexity index is 579. The quantitative estimate of drug-likeness (QED) is 0.858. The SMILES string of the molecule is CC1CCCC(CO)(NS(=O)(=O)c2cncc(Br)c2)C1. The van der Waals surface area contributed by atoms with Crippen molar-refractivity contribution in [2.75, 3.05) is 6.61 Å². The molecule has 1 aliphatic rings. The Hall–Kier alpha value is -0.500. The van der Waals surface area contributed by atoms with Gasteiger partial charge in [-0.25, -0.2) is 13.1 Å². The van der Waals surface area contributed by atoms with E-state index in [-0.39, 0.29) is 11.5 Å². The van der Waals surface area contributed by atoms with Crippen LogP contribution in [0.2, 0.25) is 0 Å². The van der Waals surface area contributed by atoms with Crippen LogP contribution in [0.25, 0.3) is 0 Å². The molecule has 0 spiro atoms. The van der Waals surface area contributed by atoms with Gasteiger partial charge in [0.25, 0.3) is 0 Å². The van der Waals surface area contributed by atoms with Gasteiger partial charge in [0.2, 0.25) is 10.0 Å². The first-order chi connectivity index (χ1) is 9.37. The maximum atomic E-state index is 12.4. The molecule has 7 heteroatoms. The molecule has 0 bridgehead atoms. The Morgan fingerprint density at radius 1 is 1.55 bits per heavy atom. The predicted molar refractivity (Wildman–Crippen MR) is 79.7 cm³/mol. The first kappa shape index (κ1) is 15.9. The number of hydrogen-bond acceptors (Lipinski definition) is 4. The van der Waals surface area contributed by atoms with Crippen LogP contribution in [0.3, 0.4) is 0 Å². The Kier molecular flexibility index (Phi) is 4.84. The molecule has 1 aromatic rings. The molecule has 0 saturated heterocycles. The van der Waals surface area contributed by atoms with Gasteiger partial charge in [0.1, 0.15) is 4.90 Å². The van der Waals surface area contributed by atoms with Crippen LogP contribution in [-0.4, -0.2) is 30.7 Å². The second kappa shape index (κ2) is 6.09. The zero-order valence-corrected chi connectivity index (χ0v) is 13.7. The summed E-state index contributed by atoms with van der Waals surface area (Å²) in [6, 6.07) is 1.51. The molecule has 0 aliphatic heterocycles. The van der Waals surface area contributed by atoms with E-state index in [1.54, 1.807) is 0 Å². The third-order valence-electron chi connectivity index (χ3n) is 3.74. The number of sulfonamides is 1. The van der Waals surface area contributed by atoms with E-state index in [1.807, 2.05) is 0 Å². The molecule has 1 aliphatic carbocycles. The van der Waals surface area contributed by atoms with Gasteiger partial charge < -0.3 is 5.11 Å². The molecule has 0 radical (unpaired) electrons. The summed E-state index contributed by atoms with van der Waals surface area (Å²) in [5, 5.41) is 9.67. The number of aliphatic hydroxyl groups is 1. The first-order valence-corrected chi connectivity index (χ1v) is 8.90. The van der Waals surface area contributed by atoms with Crippen molar-refractivity contribution in [1.82, 2.24) is 9.71 Å². The van der Waals surface area contributed by atoms with Crippen LogP contribution in [0.1, 0.15) is 32.6 Å². The highest BCUT2D eigenvalue weighted by Crippen LogP contribution is 2.33. The summed E-state index contributed by atoms with van der Waals surface area (Å²) in [6.45, 7) is 1.90. The fourth-order valence-electron chi connectivity index (χ4n) is 2.81. The van der Waals surface area contributed by atoms with Crippen molar-refractivity contribution in [1.29, 1.82) is 0 Å². The van der Waals surface area contributed by atoms with Crippen molar-refractivity contribution < 1.29 is 13.5 Å². The van der Waals surface area contributed by atoms with E-state index in [0.717, 1.165) is 12.8 Å². The molecule has 20 heavy (non-hydrogen) atoms. The summed E-state index contributed by atoms with van der Waals surface area (Å²) in [4.78, 5) is 3.99. The second-order valence-corrected chi connectivity index (χ2v) is 8.18. The lowest BCUT2D eigenvalue weighted by Gasteiger charge is -2.38. The van der Waals surface area contributed by atoms with Gasteiger partial charge in [0.05, 0.1) is 12.1 Å². The fourth-order valence-corrected chi connectivity index (χ4v) is 4.75. The number of hydrogen-bond donors (Lipinski definition) is 2. The maximum Gasteiger partial charge on any atom is 0.242 e. The predicted octanol–water partition coefficient (Wildman–Crippen LogP) is 2.06. The van der Waals surface area contributed by atoms with Crippen molar-refractivity contribution in [3.05, 3.63) is 22.9 Å². The number of nitrogens with one attached hydrogen (secondary N) is 1. The summed E-state index contributed by atoms with van der Waals surface area (Å²) in [5.74, 6) is 0.402. The van der Waals surface area contributed by atoms with Crippen LogP contribution in [-0.2, 0) is 10.0 Å². The summed E-state index contributed by atoms with van der Waals surface area (Å²) in [6.07, 6.45) is 6.15. The van der Waals surface area contributed by atoms with Gasteiger partial charge in [0, 0.05) is 16.9 Å². The number of nitrogens with zero attached hydrogens (tertiary/aromatic N) is 1. The minimum atomic E-state index is -3.68. The molecule has 2 N–H and O–H groups in total. The third-order valence-corrected chi connectivity index (χ3v) is 5.71. The van der Waals surface area contributed by atoms with Crippen molar-refractivity contribution in [2.45, 2.75) is 43.0 Å². The number of aromatic nitrogens is 1. The van der Waals surface area contributed by atoms with Gasteiger partial charge in [-0.2, -0.15) is 0 Å². The summed E-state index contributed by atoms with van der Waals surface area (Å²) >= 11 is 3.22. The van der Waals surface area contributed by atoms with Crippen LogP contribution in [0.15, 0.2) is 27.8 Å². The van der Waals surface area contributed by atoms with Gasteiger partial charge in [0.15, 0.2) is 0 Å². The van der Waals surface area contributed by atoms with E-state index in [2.05, 4.69) is 32.6 Å². The second-order valence-electron chi connectivity index (χ2n) is 5.58. The summed E-state index contributed by atoms with van der Waals surface area (Å²) in [7, 11) is -3.68. The van der Waals surface area contributed by atoms with Gasteiger partial charge in [-0.1, -0.05) is 19.8 Å². The number of halogens is 1. The van der Waals surface area contributed by atoms with Gasteiger partial charge in [-0.05, 0) is 40.8 Å². The number of rotatable bonds is 4. The molecule has 1 heterocycles. The zero-order valence-electron chi connectivity index (χ0n) is 11.3. The molecule has 0 amide bonds. The number of aliphatic hydroxyl groups excluding tert-OH is 1. The molecule has 112 valence electrons. The normalized spacial score (nSPS) is 27.4. The lowest BCUT2D eigenvalue weighted by molar-refractivity contribution is 0.119. The average Bonchev–Trinajstić information content (AvgIpc) is 2.38. The van der Waals surface area contributed by atoms with E-state index in [9.17, 15) is 13.5 Å². The lowest BCUT2D eigenvalue weighted by atomic mass is 9.78. The van der Waals surface area contributed by atoms with Crippen molar-refractivity contribution >= 4 is 26.0 Å². The highest BCUT2D eigenvalue weighted by atomic mass is 79.9. The van der Waals surface area contributed by atoms with E-state index >= 15 is 0 Å². The lowest BCUT2D eigenvalue weighted by Crippen LogP contribution is -2.53. The van der Waals surface area contributed by atoms with Crippen LogP contribution < -0.4 is 4.72 Å². The van der Waals surface area contributed by atoms with Crippen molar-refractivity contribution in [3.63, 3.8) is 0 Å². The highest BCUT2D eigenvalue weighted by Gasteiger charge is 2.38. The molecule has 1 saturated carbocycles. The van der Waals surface area contributed by atoms with Crippen LogP contribution >= 0.6 is 15.9 Å². The van der Waals surface area contributed by atoms with Gasteiger partial charge in [-0.3, -0.25) is 4.98 Å². The zero-order chi connectivity index (χ0) is 14.8. The topological polar surface area (TPSA) is 79.3 Å². The van der Waals surface area contributed by atoms with Crippen molar-refractivity contribution in [3.8, 4) is 0 Å². The van der Waals surface area contributed by atoms with Crippen LogP contribution in [0.4, 0.5) is 0 Å². The van der Waals surface area contributed by atoms with Gasteiger partial charge >= 0.3 is 0 Å². The Morgan fingerprint density at radius 2 is 2.30 bits per heavy atom. The fraction of sp³-hybridized carbons (Fsp3) is 0.615. The Balaban J connectivity index is 2.26. The van der Waals surface area contributed by atoms with E-state index in [0.29, 0.717) is 23.2 Å². The van der Waals surface area contributed by atoms with E-state index < -0.39 is 15.6 Å². The molecule has 1 aromatic heterocycles. The van der Waals surface area contributed by atoms with E-state index in [1.165, 1.54) is 18.5 Å². The molecule has 2 unspecified atom stereocenters. The average molecular weight is 363 g/mol. The first-order valence-electron chi connectivity index (χ1n) is 6.62. The minimum Gasteiger partial charge on any atom is -0.394 e. The molecular weight excluding hydrogens is 344 g/mol. The molecule has 5 nitrogen and oxygen atoms in total. The van der Waals surface area contributed by atoms with E-state index in [4.69, 9.17) is 0 Å². The smallest absolute Gasteiger partial charge is 0.242 e. The minimum absolute atomic E-state index is 0.109. The van der Waals surface area contributed by atoms with Crippen molar-refractivity contribution in [2.24, 2.45) is 5.92 Å². The summed E-state index contributed by atoms with van der Waals surface area (Å²) < 4.78 is 28.2. The largest absolute Gasteiger partial charge is 0.394 e. The number of pyridine rings is 1. The molecule has 0 aromatic carbocycles. The molecular formula is C13H19BrN2O3S. The molecule has 2 atom stereocenters.